The Morgan fingerprint density at radius 2 is 1.95 bits per heavy atom. The Morgan fingerprint density at radius 3 is 2.71 bits per heavy atom. The zero-order valence-corrected chi connectivity index (χ0v) is 12.6. The maximum absolute atomic E-state index is 5.92. The summed E-state index contributed by atoms with van der Waals surface area (Å²) in [5, 5.41) is 13.1. The van der Waals surface area contributed by atoms with Crippen LogP contribution >= 0.6 is 23.4 Å². The van der Waals surface area contributed by atoms with Crippen molar-refractivity contribution in [3.8, 4) is 5.69 Å². The van der Waals surface area contributed by atoms with Crippen molar-refractivity contribution in [1.82, 2.24) is 20.2 Å². The molecule has 0 aliphatic heterocycles. The Bertz CT molecular complexity index is 744. The molecule has 1 aromatic heterocycles. The lowest BCUT2D eigenvalue weighted by molar-refractivity contribution is 0.756. The second-order valence-electron chi connectivity index (χ2n) is 4.35. The van der Waals surface area contributed by atoms with Crippen molar-refractivity contribution in [2.24, 2.45) is 0 Å². The number of nitrogens with zero attached hydrogens (tertiary/aromatic N) is 4. The van der Waals surface area contributed by atoms with E-state index < -0.39 is 0 Å². The Kier molecular flexibility index (Phi) is 4.08. The number of halogens is 1. The first-order valence-electron chi connectivity index (χ1n) is 6.24. The van der Waals surface area contributed by atoms with Gasteiger partial charge < -0.3 is 5.73 Å². The van der Waals surface area contributed by atoms with E-state index in [1.807, 2.05) is 42.5 Å². The molecule has 0 radical (unpaired) electrons. The third-order valence-electron chi connectivity index (χ3n) is 2.87. The maximum atomic E-state index is 5.92. The molecule has 0 aliphatic carbocycles. The van der Waals surface area contributed by atoms with Crippen molar-refractivity contribution >= 4 is 29.1 Å². The molecule has 1 heterocycles. The number of nitrogen functional groups attached to an aromatic ring is 1. The van der Waals surface area contributed by atoms with Crippen LogP contribution < -0.4 is 5.73 Å². The van der Waals surface area contributed by atoms with Gasteiger partial charge in [0.2, 0.25) is 5.16 Å². The minimum absolute atomic E-state index is 0.567. The van der Waals surface area contributed by atoms with Gasteiger partial charge in [-0.25, -0.2) is 0 Å². The summed E-state index contributed by atoms with van der Waals surface area (Å²) < 4.78 is 1.71. The number of para-hydroxylation sites is 1. The van der Waals surface area contributed by atoms with E-state index in [-0.39, 0.29) is 0 Å². The minimum atomic E-state index is 0.567. The normalized spacial score (nSPS) is 10.7. The smallest absolute Gasteiger partial charge is 0.214 e. The Morgan fingerprint density at radius 1 is 1.14 bits per heavy atom. The molecule has 0 amide bonds. The van der Waals surface area contributed by atoms with Crippen molar-refractivity contribution in [3.63, 3.8) is 0 Å². The number of hydrogen-bond acceptors (Lipinski definition) is 5. The van der Waals surface area contributed by atoms with Gasteiger partial charge in [0, 0.05) is 5.75 Å². The van der Waals surface area contributed by atoms with Crippen molar-refractivity contribution < 1.29 is 0 Å². The first kappa shape index (κ1) is 13.9. The Hall–Kier alpha value is -2.05. The number of tetrazole rings is 1. The zero-order valence-electron chi connectivity index (χ0n) is 11.0. The van der Waals surface area contributed by atoms with E-state index in [1.165, 1.54) is 0 Å². The summed E-state index contributed by atoms with van der Waals surface area (Å²) in [6, 6.07) is 15.4. The Balaban J connectivity index is 1.77. The molecule has 0 bridgehead atoms. The van der Waals surface area contributed by atoms with Crippen LogP contribution in [-0.4, -0.2) is 20.2 Å². The van der Waals surface area contributed by atoms with Gasteiger partial charge in [0.1, 0.15) is 0 Å². The molecule has 0 fully saturated rings. The monoisotopic (exact) mass is 317 g/mol. The van der Waals surface area contributed by atoms with E-state index in [0.29, 0.717) is 16.5 Å². The van der Waals surface area contributed by atoms with Gasteiger partial charge >= 0.3 is 0 Å². The number of benzene rings is 2. The first-order chi connectivity index (χ1) is 10.2. The molecule has 0 saturated heterocycles. The number of hydrogen-bond donors (Lipinski definition) is 1. The number of rotatable bonds is 4. The molecule has 106 valence electrons. The minimum Gasteiger partial charge on any atom is -0.398 e. The Labute approximate surface area is 131 Å². The van der Waals surface area contributed by atoms with Gasteiger partial charge in [-0.2, -0.15) is 4.68 Å². The summed E-state index contributed by atoms with van der Waals surface area (Å²) in [6.07, 6.45) is 0. The lowest BCUT2D eigenvalue weighted by Gasteiger charge is -2.05. The molecule has 0 saturated carbocycles. The fourth-order valence-electron chi connectivity index (χ4n) is 1.83. The molecule has 21 heavy (non-hydrogen) atoms. The lowest BCUT2D eigenvalue weighted by atomic mass is 10.2. The highest BCUT2D eigenvalue weighted by molar-refractivity contribution is 7.98. The van der Waals surface area contributed by atoms with E-state index in [0.717, 1.165) is 16.4 Å². The van der Waals surface area contributed by atoms with Gasteiger partial charge in [-0.3, -0.25) is 0 Å². The third-order valence-corrected chi connectivity index (χ3v) is 4.20. The average Bonchev–Trinajstić information content (AvgIpc) is 2.98. The van der Waals surface area contributed by atoms with Crippen LogP contribution in [0.1, 0.15) is 5.56 Å². The van der Waals surface area contributed by atoms with Crippen LogP contribution in [0.2, 0.25) is 5.02 Å². The van der Waals surface area contributed by atoms with E-state index in [9.17, 15) is 0 Å². The van der Waals surface area contributed by atoms with Gasteiger partial charge in [-0.1, -0.05) is 47.6 Å². The highest BCUT2D eigenvalue weighted by atomic mass is 35.5. The average molecular weight is 318 g/mol. The molecule has 0 spiro atoms. The molecule has 7 heteroatoms. The molecule has 3 aromatic rings. The predicted molar refractivity (Wildman–Crippen MR) is 84.6 cm³/mol. The molecule has 0 aliphatic rings. The van der Waals surface area contributed by atoms with E-state index >= 15 is 0 Å². The zero-order chi connectivity index (χ0) is 14.7. The van der Waals surface area contributed by atoms with E-state index in [2.05, 4.69) is 15.5 Å². The summed E-state index contributed by atoms with van der Waals surface area (Å²) >= 11 is 7.46. The van der Waals surface area contributed by atoms with Crippen molar-refractivity contribution in [2.45, 2.75) is 10.9 Å². The van der Waals surface area contributed by atoms with Gasteiger partial charge in [-0.05, 0) is 40.3 Å². The predicted octanol–water partition coefficient (Wildman–Crippen LogP) is 3.19. The fourth-order valence-corrected chi connectivity index (χ4v) is 2.78. The highest BCUT2D eigenvalue weighted by Crippen LogP contribution is 2.25. The van der Waals surface area contributed by atoms with Crippen LogP contribution in [0, 0.1) is 0 Å². The van der Waals surface area contributed by atoms with Crippen LogP contribution in [0.15, 0.2) is 53.7 Å². The van der Waals surface area contributed by atoms with Crippen LogP contribution in [0.4, 0.5) is 5.69 Å². The molecule has 3 rings (SSSR count). The molecule has 0 unspecified atom stereocenters. The largest absolute Gasteiger partial charge is 0.398 e. The van der Waals surface area contributed by atoms with Gasteiger partial charge in [-0.15, -0.1) is 5.10 Å². The van der Waals surface area contributed by atoms with Gasteiger partial charge in [0.05, 0.1) is 16.4 Å². The molecule has 2 aromatic carbocycles. The van der Waals surface area contributed by atoms with Crippen molar-refractivity contribution in [1.29, 1.82) is 0 Å². The quantitative estimate of drug-likeness (QED) is 0.591. The van der Waals surface area contributed by atoms with Crippen LogP contribution in [0.25, 0.3) is 5.69 Å². The SMILES string of the molecule is Nc1cc(CSc2nnnn2-c2ccccc2)ccc1Cl. The van der Waals surface area contributed by atoms with Crippen LogP contribution in [0.5, 0.6) is 0 Å². The first-order valence-corrected chi connectivity index (χ1v) is 7.61. The summed E-state index contributed by atoms with van der Waals surface area (Å²) in [6.45, 7) is 0. The number of anilines is 1. The van der Waals surface area contributed by atoms with Gasteiger partial charge in [0.25, 0.3) is 0 Å². The van der Waals surface area contributed by atoms with Crippen LogP contribution in [-0.2, 0) is 5.75 Å². The van der Waals surface area contributed by atoms with E-state index in [1.54, 1.807) is 22.5 Å². The van der Waals surface area contributed by atoms with Crippen LogP contribution in [0.3, 0.4) is 0 Å². The lowest BCUT2D eigenvalue weighted by Crippen LogP contribution is -1.98. The number of aromatic nitrogens is 4. The third kappa shape index (κ3) is 3.17. The molecule has 2 N–H and O–H groups in total. The standard InChI is InChI=1S/C14H12ClN5S/c15-12-7-6-10(8-13(12)16)9-21-14-17-18-19-20(14)11-4-2-1-3-5-11/h1-8H,9,16H2. The van der Waals surface area contributed by atoms with Gasteiger partial charge in [0.15, 0.2) is 0 Å². The summed E-state index contributed by atoms with van der Waals surface area (Å²) in [5.74, 6) is 0.717. The molecule has 0 atom stereocenters. The summed E-state index contributed by atoms with van der Waals surface area (Å²) in [4.78, 5) is 0. The maximum Gasteiger partial charge on any atom is 0.214 e. The topological polar surface area (TPSA) is 69.6 Å². The molecule has 5 nitrogen and oxygen atoms in total. The number of thioether (sulfide) groups is 1. The van der Waals surface area contributed by atoms with E-state index in [4.69, 9.17) is 17.3 Å². The summed E-state index contributed by atoms with van der Waals surface area (Å²) in [7, 11) is 0. The summed E-state index contributed by atoms with van der Waals surface area (Å²) in [5.41, 5.74) is 8.39. The van der Waals surface area contributed by atoms with Crippen molar-refractivity contribution in [2.75, 3.05) is 5.73 Å². The number of nitrogens with two attached hydrogens (primary N) is 1. The second-order valence-corrected chi connectivity index (χ2v) is 5.70. The second kappa shape index (κ2) is 6.15. The fraction of sp³-hybridized carbons (Fsp3) is 0.0714. The highest BCUT2D eigenvalue weighted by Gasteiger charge is 2.09. The molecular formula is C14H12ClN5S. The van der Waals surface area contributed by atoms with Crippen molar-refractivity contribution in [3.05, 3.63) is 59.1 Å². The molecular weight excluding hydrogens is 306 g/mol.